The van der Waals surface area contributed by atoms with Gasteiger partial charge in [0.2, 0.25) is 0 Å². The summed E-state index contributed by atoms with van der Waals surface area (Å²) in [4.78, 5) is 0. The van der Waals surface area contributed by atoms with Crippen LogP contribution in [0, 0.1) is 0 Å². The molecule has 0 aliphatic rings. The van der Waals surface area contributed by atoms with Gasteiger partial charge in [-0.1, -0.05) is 61.3 Å². The van der Waals surface area contributed by atoms with Gasteiger partial charge in [-0.3, -0.25) is 0 Å². The molecule has 2 nitrogen and oxygen atoms in total. The average Bonchev–Trinajstić information content (AvgIpc) is 2.24. The molecule has 0 fully saturated rings. The monoisotopic (exact) mass is 206 g/mol. The first-order chi connectivity index (χ1) is 7.22. The molecular formula is C13H18O2. The van der Waals surface area contributed by atoms with Gasteiger partial charge in [-0.25, -0.2) is 0 Å². The second-order valence-corrected chi connectivity index (χ2v) is 2.90. The summed E-state index contributed by atoms with van der Waals surface area (Å²) in [5.74, 6) is 0. The minimum Gasteiger partial charge on any atom is -0.386 e. The number of aliphatic hydroxyl groups excluding tert-OH is 2. The van der Waals surface area contributed by atoms with E-state index in [1.165, 1.54) is 12.2 Å². The number of allylic oxidation sites excluding steroid dienone is 7. The molecule has 15 heavy (non-hydrogen) atoms. The summed E-state index contributed by atoms with van der Waals surface area (Å²) < 4.78 is 0. The van der Waals surface area contributed by atoms with Crippen LogP contribution in [0.2, 0.25) is 0 Å². The van der Waals surface area contributed by atoms with Crippen LogP contribution in [0.15, 0.2) is 61.3 Å². The minimum atomic E-state index is -0.888. The molecule has 0 spiro atoms. The molecule has 0 aliphatic heterocycles. The Bertz CT molecular complexity index is 272. The average molecular weight is 206 g/mol. The lowest BCUT2D eigenvalue weighted by atomic mass is 10.1. The lowest BCUT2D eigenvalue weighted by Crippen LogP contribution is -2.20. The fraction of sp³-hybridized carbons (Fsp3) is 0.231. The maximum atomic E-state index is 9.44. The van der Waals surface area contributed by atoms with E-state index in [1.54, 1.807) is 36.5 Å². The van der Waals surface area contributed by atoms with Crippen LogP contribution in [0.5, 0.6) is 0 Å². The molecule has 2 atom stereocenters. The Morgan fingerprint density at radius 3 is 1.87 bits per heavy atom. The summed E-state index contributed by atoms with van der Waals surface area (Å²) >= 11 is 0. The summed E-state index contributed by atoms with van der Waals surface area (Å²) in [6.45, 7) is 5.39. The quantitative estimate of drug-likeness (QED) is 0.654. The van der Waals surface area contributed by atoms with Gasteiger partial charge >= 0.3 is 0 Å². The second kappa shape index (κ2) is 9.19. The highest BCUT2D eigenvalue weighted by atomic mass is 16.3. The minimum absolute atomic E-state index is 0.880. The third-order valence-corrected chi connectivity index (χ3v) is 1.63. The molecule has 0 heterocycles. The zero-order chi connectivity index (χ0) is 11.5. The van der Waals surface area contributed by atoms with E-state index in [-0.39, 0.29) is 0 Å². The van der Waals surface area contributed by atoms with Crippen molar-refractivity contribution in [3.8, 4) is 0 Å². The van der Waals surface area contributed by atoms with Gasteiger partial charge in [-0.15, -0.1) is 0 Å². The number of hydrogen-bond acceptors (Lipinski definition) is 2. The highest BCUT2D eigenvalue weighted by Crippen LogP contribution is 1.98. The van der Waals surface area contributed by atoms with Crippen LogP contribution in [0.25, 0.3) is 0 Å². The first-order valence-corrected chi connectivity index (χ1v) is 4.84. The van der Waals surface area contributed by atoms with E-state index >= 15 is 0 Å². The van der Waals surface area contributed by atoms with Crippen LogP contribution in [-0.2, 0) is 0 Å². The van der Waals surface area contributed by atoms with Crippen LogP contribution in [0.3, 0.4) is 0 Å². The van der Waals surface area contributed by atoms with Gasteiger partial charge in [0.25, 0.3) is 0 Å². The van der Waals surface area contributed by atoms with Gasteiger partial charge in [0.05, 0.1) is 0 Å². The van der Waals surface area contributed by atoms with Crippen LogP contribution >= 0.6 is 0 Å². The lowest BCUT2D eigenvalue weighted by Gasteiger charge is -2.08. The van der Waals surface area contributed by atoms with Gasteiger partial charge in [0, 0.05) is 0 Å². The number of rotatable bonds is 6. The Morgan fingerprint density at radius 2 is 1.40 bits per heavy atom. The van der Waals surface area contributed by atoms with Gasteiger partial charge in [0.15, 0.2) is 0 Å². The smallest absolute Gasteiger partial charge is 0.102 e. The SMILES string of the molecule is C=C/C=C/C=C/[C@@H](O)[C@H](O)/C=C/C=C/C. The molecule has 0 saturated heterocycles. The molecule has 0 aromatic rings. The predicted molar refractivity (Wildman–Crippen MR) is 64.4 cm³/mol. The van der Waals surface area contributed by atoms with Crippen molar-refractivity contribution < 1.29 is 10.2 Å². The molecule has 0 rings (SSSR count). The molecule has 0 amide bonds. The van der Waals surface area contributed by atoms with Crippen LogP contribution in [0.4, 0.5) is 0 Å². The van der Waals surface area contributed by atoms with E-state index in [1.807, 2.05) is 13.0 Å². The van der Waals surface area contributed by atoms with E-state index in [0.717, 1.165) is 0 Å². The molecule has 82 valence electrons. The predicted octanol–water partition coefficient (Wildman–Crippen LogP) is 2.14. The Labute approximate surface area is 91.3 Å². The van der Waals surface area contributed by atoms with Crippen molar-refractivity contribution in [2.45, 2.75) is 19.1 Å². The number of hydrogen-bond donors (Lipinski definition) is 2. The largest absolute Gasteiger partial charge is 0.386 e. The third kappa shape index (κ3) is 7.67. The number of aliphatic hydroxyl groups is 2. The van der Waals surface area contributed by atoms with E-state index in [2.05, 4.69) is 6.58 Å². The second-order valence-electron chi connectivity index (χ2n) is 2.90. The lowest BCUT2D eigenvalue weighted by molar-refractivity contribution is 0.0808. The molecule has 0 aromatic heterocycles. The Morgan fingerprint density at radius 1 is 0.867 bits per heavy atom. The summed E-state index contributed by atoms with van der Waals surface area (Å²) in [6.07, 6.45) is 13.4. The molecule has 0 aliphatic carbocycles. The first kappa shape index (κ1) is 13.6. The molecular weight excluding hydrogens is 188 g/mol. The molecule has 0 radical (unpaired) electrons. The Kier molecular flexibility index (Phi) is 8.34. The highest BCUT2D eigenvalue weighted by Gasteiger charge is 2.07. The fourth-order valence-corrected chi connectivity index (χ4v) is 0.837. The van der Waals surface area contributed by atoms with Crippen LogP contribution in [-0.4, -0.2) is 22.4 Å². The summed E-state index contributed by atoms with van der Waals surface area (Å²) in [5, 5.41) is 18.9. The summed E-state index contributed by atoms with van der Waals surface area (Å²) in [7, 11) is 0. The normalized spacial score (nSPS) is 17.0. The van der Waals surface area contributed by atoms with E-state index in [9.17, 15) is 10.2 Å². The van der Waals surface area contributed by atoms with Crippen LogP contribution in [0.1, 0.15) is 6.92 Å². The van der Waals surface area contributed by atoms with Crippen molar-refractivity contribution in [1.82, 2.24) is 0 Å². The highest BCUT2D eigenvalue weighted by molar-refractivity contribution is 5.13. The molecule has 0 unspecified atom stereocenters. The topological polar surface area (TPSA) is 40.5 Å². The van der Waals surface area contributed by atoms with Crippen LogP contribution < -0.4 is 0 Å². The zero-order valence-corrected chi connectivity index (χ0v) is 8.95. The first-order valence-electron chi connectivity index (χ1n) is 4.84. The Balaban J connectivity index is 4.08. The standard InChI is InChI=1S/C13H18O2/c1-3-5-7-9-11-13(15)12(14)10-8-6-4-2/h3-15H,1H2,2H3/b6-4+,7-5+,10-8+,11-9+/t12-,13-/m1/s1. The maximum Gasteiger partial charge on any atom is 0.102 e. The summed E-state index contributed by atoms with van der Waals surface area (Å²) in [5.41, 5.74) is 0. The van der Waals surface area contributed by atoms with Crippen molar-refractivity contribution in [3.05, 3.63) is 61.3 Å². The van der Waals surface area contributed by atoms with Crippen molar-refractivity contribution in [2.75, 3.05) is 0 Å². The fourth-order valence-electron chi connectivity index (χ4n) is 0.837. The third-order valence-electron chi connectivity index (χ3n) is 1.63. The van der Waals surface area contributed by atoms with Gasteiger partial charge in [-0.2, -0.15) is 0 Å². The molecule has 0 bridgehead atoms. The van der Waals surface area contributed by atoms with Crippen molar-refractivity contribution in [1.29, 1.82) is 0 Å². The van der Waals surface area contributed by atoms with E-state index in [0.29, 0.717) is 0 Å². The maximum absolute atomic E-state index is 9.44. The molecule has 0 aromatic carbocycles. The zero-order valence-electron chi connectivity index (χ0n) is 8.95. The molecule has 0 saturated carbocycles. The van der Waals surface area contributed by atoms with Gasteiger partial charge < -0.3 is 10.2 Å². The van der Waals surface area contributed by atoms with Crippen molar-refractivity contribution in [2.24, 2.45) is 0 Å². The molecule has 2 heteroatoms. The van der Waals surface area contributed by atoms with Crippen molar-refractivity contribution >= 4 is 0 Å². The van der Waals surface area contributed by atoms with E-state index < -0.39 is 12.2 Å². The van der Waals surface area contributed by atoms with Crippen molar-refractivity contribution in [3.63, 3.8) is 0 Å². The Hall–Kier alpha value is -1.38. The summed E-state index contributed by atoms with van der Waals surface area (Å²) in [6, 6.07) is 0. The van der Waals surface area contributed by atoms with Gasteiger partial charge in [-0.05, 0) is 6.92 Å². The van der Waals surface area contributed by atoms with Gasteiger partial charge in [0.1, 0.15) is 12.2 Å². The van der Waals surface area contributed by atoms with E-state index in [4.69, 9.17) is 0 Å². The molecule has 2 N–H and O–H groups in total.